The summed E-state index contributed by atoms with van der Waals surface area (Å²) in [4.78, 5) is 11.3. The Balaban J connectivity index is 3.74. The second-order valence-corrected chi connectivity index (χ2v) is 4.52. The van der Waals surface area contributed by atoms with Crippen LogP contribution in [0.4, 0.5) is 0 Å². The van der Waals surface area contributed by atoms with E-state index < -0.39 is 0 Å². The van der Waals surface area contributed by atoms with Crippen LogP contribution < -0.4 is 0 Å². The van der Waals surface area contributed by atoms with E-state index in [0.29, 0.717) is 12.3 Å². The Labute approximate surface area is 81.7 Å². The van der Waals surface area contributed by atoms with Crippen molar-refractivity contribution in [3.63, 3.8) is 0 Å². The van der Waals surface area contributed by atoms with E-state index in [1.807, 2.05) is 20.8 Å². The van der Waals surface area contributed by atoms with Gasteiger partial charge in [-0.25, -0.2) is 0 Å². The fraction of sp³-hybridized carbons (Fsp3) is 0.909. The molecule has 78 valence electrons. The first kappa shape index (κ1) is 12.5. The molecule has 0 aromatic rings. The molecule has 0 bridgehead atoms. The Hall–Kier alpha value is -0.530. The molecule has 0 atom stereocenters. The van der Waals surface area contributed by atoms with Crippen molar-refractivity contribution in [3.8, 4) is 0 Å². The summed E-state index contributed by atoms with van der Waals surface area (Å²) >= 11 is 0. The molecule has 2 nitrogen and oxygen atoms in total. The van der Waals surface area contributed by atoms with Crippen LogP contribution in [0, 0.1) is 5.92 Å². The third-order valence-electron chi connectivity index (χ3n) is 2.17. The number of rotatable bonds is 5. The third-order valence-corrected chi connectivity index (χ3v) is 2.17. The molecule has 13 heavy (non-hydrogen) atoms. The van der Waals surface area contributed by atoms with Crippen molar-refractivity contribution in [2.24, 2.45) is 5.92 Å². The first-order valence-corrected chi connectivity index (χ1v) is 5.09. The molecule has 0 aromatic carbocycles. The van der Waals surface area contributed by atoms with Gasteiger partial charge < -0.3 is 4.74 Å². The van der Waals surface area contributed by atoms with Crippen molar-refractivity contribution < 1.29 is 9.53 Å². The first-order valence-electron chi connectivity index (χ1n) is 5.09. The summed E-state index contributed by atoms with van der Waals surface area (Å²) < 4.78 is 5.30. The lowest BCUT2D eigenvalue weighted by Gasteiger charge is -2.23. The molecule has 0 fully saturated rings. The summed E-state index contributed by atoms with van der Waals surface area (Å²) in [5.41, 5.74) is -0.298. The van der Waals surface area contributed by atoms with Gasteiger partial charge in [0.25, 0.3) is 0 Å². The molecule has 0 aromatic heterocycles. The Kier molecular flexibility index (Phi) is 5.04. The average Bonchev–Trinajstić information content (AvgIpc) is 2.00. The molecule has 0 unspecified atom stereocenters. The Morgan fingerprint density at radius 2 is 1.92 bits per heavy atom. The van der Waals surface area contributed by atoms with Crippen LogP contribution in [0.5, 0.6) is 0 Å². The molecule has 0 rings (SSSR count). The van der Waals surface area contributed by atoms with Crippen LogP contribution in [0.15, 0.2) is 0 Å². The zero-order valence-electron chi connectivity index (χ0n) is 9.52. The van der Waals surface area contributed by atoms with Crippen molar-refractivity contribution in [1.82, 2.24) is 0 Å². The zero-order valence-corrected chi connectivity index (χ0v) is 9.52. The maximum atomic E-state index is 11.3. The third kappa shape index (κ3) is 6.62. The Bertz CT molecular complexity index is 159. The quantitative estimate of drug-likeness (QED) is 0.616. The lowest BCUT2D eigenvalue weighted by atomic mass is 10.1. The lowest BCUT2D eigenvalue weighted by molar-refractivity contribution is -0.157. The zero-order chi connectivity index (χ0) is 10.5. The smallest absolute Gasteiger partial charge is 0.306 e. The largest absolute Gasteiger partial charge is 0.460 e. The Morgan fingerprint density at radius 1 is 1.38 bits per heavy atom. The molecular weight excluding hydrogens is 164 g/mol. The molecule has 2 heteroatoms. The van der Waals surface area contributed by atoms with E-state index in [0.717, 1.165) is 12.8 Å². The highest BCUT2D eigenvalue weighted by Crippen LogP contribution is 2.15. The highest BCUT2D eigenvalue weighted by atomic mass is 16.6. The van der Waals surface area contributed by atoms with Crippen LogP contribution in [0.25, 0.3) is 0 Å². The standard InChI is InChI=1S/C11H22O2/c1-6-11(4,5)13-10(12)8-7-9(2)3/h9H,6-8H2,1-5H3. The molecule has 0 amide bonds. The SMILES string of the molecule is CCC(C)(C)OC(=O)CCC(C)C. The van der Waals surface area contributed by atoms with E-state index in [2.05, 4.69) is 13.8 Å². The van der Waals surface area contributed by atoms with Gasteiger partial charge in [0, 0.05) is 6.42 Å². The lowest BCUT2D eigenvalue weighted by Crippen LogP contribution is -2.27. The summed E-state index contributed by atoms with van der Waals surface area (Å²) in [6, 6.07) is 0. The molecule has 0 aliphatic rings. The molecule has 0 N–H and O–H groups in total. The monoisotopic (exact) mass is 186 g/mol. The van der Waals surface area contributed by atoms with Crippen molar-refractivity contribution in [3.05, 3.63) is 0 Å². The first-order chi connectivity index (χ1) is 5.87. The average molecular weight is 186 g/mol. The van der Waals surface area contributed by atoms with Crippen LogP contribution in [0.3, 0.4) is 0 Å². The van der Waals surface area contributed by atoms with Gasteiger partial charge in [-0.2, -0.15) is 0 Å². The van der Waals surface area contributed by atoms with Crippen LogP contribution in [-0.4, -0.2) is 11.6 Å². The van der Waals surface area contributed by atoms with E-state index in [1.54, 1.807) is 0 Å². The molecule has 0 radical (unpaired) electrons. The van der Waals surface area contributed by atoms with Gasteiger partial charge in [0.15, 0.2) is 0 Å². The van der Waals surface area contributed by atoms with Crippen molar-refractivity contribution in [1.29, 1.82) is 0 Å². The molecule has 0 aliphatic heterocycles. The molecule has 0 saturated heterocycles. The van der Waals surface area contributed by atoms with Gasteiger partial charge in [0.05, 0.1) is 0 Å². The summed E-state index contributed by atoms with van der Waals surface area (Å²) in [5, 5.41) is 0. The van der Waals surface area contributed by atoms with Gasteiger partial charge in [-0.15, -0.1) is 0 Å². The minimum absolute atomic E-state index is 0.0689. The fourth-order valence-electron chi connectivity index (χ4n) is 0.838. The fourth-order valence-corrected chi connectivity index (χ4v) is 0.838. The number of carbonyl (C=O) groups excluding carboxylic acids is 1. The van der Waals surface area contributed by atoms with Crippen LogP contribution in [0.2, 0.25) is 0 Å². The number of hydrogen-bond donors (Lipinski definition) is 0. The topological polar surface area (TPSA) is 26.3 Å². The minimum Gasteiger partial charge on any atom is -0.460 e. The van der Waals surface area contributed by atoms with E-state index in [4.69, 9.17) is 4.74 Å². The number of hydrogen-bond acceptors (Lipinski definition) is 2. The molecule has 0 aliphatic carbocycles. The Morgan fingerprint density at radius 3 is 2.31 bits per heavy atom. The maximum Gasteiger partial charge on any atom is 0.306 e. The number of carbonyl (C=O) groups is 1. The normalized spacial score (nSPS) is 11.8. The maximum absolute atomic E-state index is 11.3. The second kappa shape index (κ2) is 5.25. The molecule has 0 heterocycles. The van der Waals surface area contributed by atoms with Gasteiger partial charge in [-0.3, -0.25) is 4.79 Å². The molecular formula is C11H22O2. The van der Waals surface area contributed by atoms with Gasteiger partial charge in [-0.05, 0) is 32.6 Å². The van der Waals surface area contributed by atoms with Crippen LogP contribution in [-0.2, 0) is 9.53 Å². The van der Waals surface area contributed by atoms with Gasteiger partial charge in [0.1, 0.15) is 5.60 Å². The van der Waals surface area contributed by atoms with Gasteiger partial charge in [-0.1, -0.05) is 20.8 Å². The summed E-state index contributed by atoms with van der Waals surface area (Å²) in [5.74, 6) is 0.498. The van der Waals surface area contributed by atoms with Crippen molar-refractivity contribution in [2.45, 2.75) is 59.5 Å². The summed E-state index contributed by atoms with van der Waals surface area (Å²) in [6.45, 7) is 10.1. The second-order valence-electron chi connectivity index (χ2n) is 4.52. The number of esters is 1. The van der Waals surface area contributed by atoms with Crippen molar-refractivity contribution >= 4 is 5.97 Å². The van der Waals surface area contributed by atoms with Gasteiger partial charge in [0.2, 0.25) is 0 Å². The van der Waals surface area contributed by atoms with Gasteiger partial charge >= 0.3 is 5.97 Å². The summed E-state index contributed by atoms with van der Waals surface area (Å²) in [6.07, 6.45) is 2.32. The predicted octanol–water partition coefficient (Wildman–Crippen LogP) is 3.15. The van der Waals surface area contributed by atoms with E-state index in [9.17, 15) is 4.79 Å². The van der Waals surface area contributed by atoms with E-state index in [-0.39, 0.29) is 11.6 Å². The highest BCUT2D eigenvalue weighted by molar-refractivity contribution is 5.69. The van der Waals surface area contributed by atoms with Crippen molar-refractivity contribution in [2.75, 3.05) is 0 Å². The van der Waals surface area contributed by atoms with E-state index in [1.165, 1.54) is 0 Å². The van der Waals surface area contributed by atoms with Crippen LogP contribution in [0.1, 0.15) is 53.9 Å². The summed E-state index contributed by atoms with van der Waals surface area (Å²) in [7, 11) is 0. The number of ether oxygens (including phenoxy) is 1. The van der Waals surface area contributed by atoms with Crippen LogP contribution >= 0.6 is 0 Å². The predicted molar refractivity (Wildman–Crippen MR) is 54.5 cm³/mol. The highest BCUT2D eigenvalue weighted by Gasteiger charge is 2.19. The minimum atomic E-state index is -0.298. The molecule has 0 spiro atoms. The molecule has 0 saturated carbocycles. The van der Waals surface area contributed by atoms with E-state index >= 15 is 0 Å².